The highest BCUT2D eigenvalue weighted by Crippen LogP contribution is 2.37. The molecule has 1 aromatic heterocycles. The molecule has 3 aromatic rings. The highest BCUT2D eigenvalue weighted by Gasteiger charge is 2.15. The third-order valence-electron chi connectivity index (χ3n) is 2.89. The summed E-state index contributed by atoms with van der Waals surface area (Å²) in [6.45, 7) is 0. The minimum atomic E-state index is 0.0961. The Morgan fingerprint density at radius 2 is 2.05 bits per heavy atom. The molecule has 0 bridgehead atoms. The number of aromatic nitrogens is 1. The van der Waals surface area contributed by atoms with Gasteiger partial charge in [-0.3, -0.25) is 0 Å². The minimum absolute atomic E-state index is 0.0961. The molecule has 5 heteroatoms. The Kier molecular flexibility index (Phi) is 2.80. The molecule has 3 rings (SSSR count). The van der Waals surface area contributed by atoms with Crippen LogP contribution in [0.25, 0.3) is 22.2 Å². The molecular formula is C14H10ClNO3. The number of benzene rings is 2. The second kappa shape index (κ2) is 4.48. The van der Waals surface area contributed by atoms with Gasteiger partial charge >= 0.3 is 0 Å². The van der Waals surface area contributed by atoms with Gasteiger partial charge in [0.15, 0.2) is 5.76 Å². The number of rotatable bonds is 2. The zero-order valence-corrected chi connectivity index (χ0v) is 10.8. The molecule has 0 fully saturated rings. The number of fused-ring (bicyclic) bond motifs is 1. The Labute approximate surface area is 114 Å². The van der Waals surface area contributed by atoms with Gasteiger partial charge in [0.1, 0.15) is 17.0 Å². The van der Waals surface area contributed by atoms with E-state index in [1.807, 2.05) is 0 Å². The number of hydrogen-bond acceptors (Lipinski definition) is 4. The molecule has 0 atom stereocenters. The standard InChI is InChI=1S/C14H10ClNO3/c1-18-9-3-5-13(17)11(7-9)14-10-6-8(15)2-4-12(10)16-19-14/h2-7,17H,1H3. The van der Waals surface area contributed by atoms with Crippen LogP contribution < -0.4 is 4.74 Å². The van der Waals surface area contributed by atoms with Gasteiger partial charge in [-0.05, 0) is 36.4 Å². The lowest BCUT2D eigenvalue weighted by atomic mass is 10.1. The van der Waals surface area contributed by atoms with E-state index in [9.17, 15) is 5.11 Å². The fourth-order valence-corrected chi connectivity index (χ4v) is 2.10. The molecule has 0 amide bonds. The predicted octanol–water partition coefficient (Wildman–Crippen LogP) is 3.86. The highest BCUT2D eigenvalue weighted by atomic mass is 35.5. The van der Waals surface area contributed by atoms with E-state index in [1.54, 1.807) is 43.5 Å². The van der Waals surface area contributed by atoms with Gasteiger partial charge in [-0.25, -0.2) is 0 Å². The summed E-state index contributed by atoms with van der Waals surface area (Å²) in [4.78, 5) is 0. The lowest BCUT2D eigenvalue weighted by molar-refractivity contribution is 0.410. The van der Waals surface area contributed by atoms with Gasteiger partial charge in [0.05, 0.1) is 18.1 Å². The molecule has 4 nitrogen and oxygen atoms in total. The summed E-state index contributed by atoms with van der Waals surface area (Å²) in [6, 6.07) is 10.2. The first-order chi connectivity index (χ1) is 9.19. The van der Waals surface area contributed by atoms with Crippen molar-refractivity contribution in [2.75, 3.05) is 7.11 Å². The lowest BCUT2D eigenvalue weighted by Crippen LogP contribution is -1.84. The van der Waals surface area contributed by atoms with Gasteiger partial charge in [0.2, 0.25) is 0 Å². The minimum Gasteiger partial charge on any atom is -0.507 e. The van der Waals surface area contributed by atoms with Crippen LogP contribution in [0.3, 0.4) is 0 Å². The van der Waals surface area contributed by atoms with E-state index >= 15 is 0 Å². The molecule has 0 aliphatic rings. The van der Waals surface area contributed by atoms with E-state index in [0.717, 1.165) is 5.39 Å². The van der Waals surface area contributed by atoms with Gasteiger partial charge in [0, 0.05) is 5.02 Å². The van der Waals surface area contributed by atoms with Crippen molar-refractivity contribution < 1.29 is 14.4 Å². The maximum absolute atomic E-state index is 9.95. The van der Waals surface area contributed by atoms with Crippen LogP contribution in [0, 0.1) is 0 Å². The van der Waals surface area contributed by atoms with E-state index in [-0.39, 0.29) is 5.75 Å². The third-order valence-corrected chi connectivity index (χ3v) is 3.12. The first-order valence-electron chi connectivity index (χ1n) is 5.61. The molecule has 19 heavy (non-hydrogen) atoms. The van der Waals surface area contributed by atoms with Crippen LogP contribution in [0.4, 0.5) is 0 Å². The molecule has 2 aromatic carbocycles. The van der Waals surface area contributed by atoms with Gasteiger partial charge in [-0.15, -0.1) is 0 Å². The first kappa shape index (κ1) is 11.9. The van der Waals surface area contributed by atoms with Gasteiger partial charge < -0.3 is 14.4 Å². The van der Waals surface area contributed by atoms with E-state index in [1.165, 1.54) is 0 Å². The summed E-state index contributed by atoms with van der Waals surface area (Å²) in [5.41, 5.74) is 1.20. The Balaban J connectivity index is 2.26. The molecule has 1 N–H and O–H groups in total. The van der Waals surface area contributed by atoms with Crippen molar-refractivity contribution in [1.29, 1.82) is 0 Å². The van der Waals surface area contributed by atoms with E-state index in [0.29, 0.717) is 27.6 Å². The Bertz CT molecular complexity index is 752. The Morgan fingerprint density at radius 1 is 1.21 bits per heavy atom. The zero-order valence-electron chi connectivity index (χ0n) is 10.1. The average molecular weight is 276 g/mol. The summed E-state index contributed by atoms with van der Waals surface area (Å²) >= 11 is 5.98. The molecule has 0 spiro atoms. The fourth-order valence-electron chi connectivity index (χ4n) is 1.93. The first-order valence-corrected chi connectivity index (χ1v) is 5.99. The van der Waals surface area contributed by atoms with Gasteiger partial charge in [-0.2, -0.15) is 0 Å². The van der Waals surface area contributed by atoms with Crippen molar-refractivity contribution in [3.63, 3.8) is 0 Å². The van der Waals surface area contributed by atoms with E-state index < -0.39 is 0 Å². The molecule has 1 heterocycles. The van der Waals surface area contributed by atoms with Crippen LogP contribution in [0.2, 0.25) is 5.02 Å². The molecular weight excluding hydrogens is 266 g/mol. The van der Waals surface area contributed by atoms with Crippen LogP contribution in [0.1, 0.15) is 0 Å². The summed E-state index contributed by atoms with van der Waals surface area (Å²) < 4.78 is 10.5. The van der Waals surface area contributed by atoms with Crippen molar-refractivity contribution in [3.8, 4) is 22.8 Å². The normalized spacial score (nSPS) is 10.8. The van der Waals surface area contributed by atoms with E-state index in [4.69, 9.17) is 20.9 Å². The largest absolute Gasteiger partial charge is 0.507 e. The molecule has 0 saturated carbocycles. The number of hydrogen-bond donors (Lipinski definition) is 1. The maximum Gasteiger partial charge on any atom is 0.178 e. The number of aromatic hydroxyl groups is 1. The topological polar surface area (TPSA) is 55.5 Å². The zero-order chi connectivity index (χ0) is 13.4. The average Bonchev–Trinajstić information content (AvgIpc) is 2.82. The van der Waals surface area contributed by atoms with Gasteiger partial charge in [0.25, 0.3) is 0 Å². The van der Waals surface area contributed by atoms with Crippen molar-refractivity contribution >= 4 is 22.5 Å². The number of ether oxygens (including phenoxy) is 1. The summed E-state index contributed by atoms with van der Waals surface area (Å²) in [5.74, 6) is 1.19. The molecule has 0 aliphatic heterocycles. The molecule has 96 valence electrons. The van der Waals surface area contributed by atoms with Crippen LogP contribution in [0.5, 0.6) is 11.5 Å². The quantitative estimate of drug-likeness (QED) is 0.771. The Hall–Kier alpha value is -2.20. The number of nitrogens with zero attached hydrogens (tertiary/aromatic N) is 1. The second-order valence-corrected chi connectivity index (χ2v) is 4.49. The smallest absolute Gasteiger partial charge is 0.178 e. The highest BCUT2D eigenvalue weighted by molar-refractivity contribution is 6.31. The number of halogens is 1. The molecule has 0 unspecified atom stereocenters. The van der Waals surface area contributed by atoms with Crippen LogP contribution in [0.15, 0.2) is 40.9 Å². The van der Waals surface area contributed by atoms with Crippen LogP contribution >= 0.6 is 11.6 Å². The second-order valence-electron chi connectivity index (χ2n) is 4.06. The number of methoxy groups -OCH3 is 1. The van der Waals surface area contributed by atoms with Crippen LogP contribution in [-0.2, 0) is 0 Å². The summed E-state index contributed by atoms with van der Waals surface area (Å²) in [6.07, 6.45) is 0. The summed E-state index contributed by atoms with van der Waals surface area (Å²) in [5, 5.41) is 15.2. The Morgan fingerprint density at radius 3 is 2.84 bits per heavy atom. The molecule has 0 aliphatic carbocycles. The molecule has 0 saturated heterocycles. The third kappa shape index (κ3) is 2.00. The van der Waals surface area contributed by atoms with Crippen molar-refractivity contribution in [2.45, 2.75) is 0 Å². The number of phenolic OH excluding ortho intramolecular Hbond substituents is 1. The number of phenols is 1. The lowest BCUT2D eigenvalue weighted by Gasteiger charge is -2.04. The SMILES string of the molecule is COc1ccc(O)c(-c2onc3ccc(Cl)cc23)c1. The van der Waals surface area contributed by atoms with Crippen molar-refractivity contribution in [2.24, 2.45) is 0 Å². The van der Waals surface area contributed by atoms with E-state index in [2.05, 4.69) is 5.16 Å². The maximum atomic E-state index is 9.95. The van der Waals surface area contributed by atoms with Gasteiger partial charge in [-0.1, -0.05) is 16.8 Å². The fraction of sp³-hybridized carbons (Fsp3) is 0.0714. The monoisotopic (exact) mass is 275 g/mol. The molecule has 0 radical (unpaired) electrons. The van der Waals surface area contributed by atoms with Crippen LogP contribution in [-0.4, -0.2) is 17.4 Å². The summed E-state index contributed by atoms with van der Waals surface area (Å²) in [7, 11) is 1.56. The van der Waals surface area contributed by atoms with Crippen molar-refractivity contribution in [1.82, 2.24) is 5.16 Å². The predicted molar refractivity (Wildman–Crippen MR) is 72.7 cm³/mol. The van der Waals surface area contributed by atoms with Crippen molar-refractivity contribution in [3.05, 3.63) is 41.4 Å².